The molecule has 1 aromatic heterocycles. The predicted octanol–water partition coefficient (Wildman–Crippen LogP) is 2.62. The first-order valence-corrected chi connectivity index (χ1v) is 9.32. The number of carbonyl (C=O) groups is 1. The summed E-state index contributed by atoms with van der Waals surface area (Å²) in [5.74, 6) is -0.00953. The Labute approximate surface area is 153 Å². The van der Waals surface area contributed by atoms with Crippen molar-refractivity contribution < 1.29 is 14.6 Å². The highest BCUT2D eigenvalue weighted by molar-refractivity contribution is 5.95. The predicted molar refractivity (Wildman–Crippen MR) is 96.8 cm³/mol. The molecule has 0 saturated carbocycles. The fraction of sp³-hybridized carbons (Fsp3) is 0.500. The number of ether oxygens (including phenoxy) is 1. The molecule has 3 heterocycles. The van der Waals surface area contributed by atoms with Crippen LogP contribution < -0.4 is 0 Å². The molecule has 1 saturated heterocycles. The van der Waals surface area contributed by atoms with Crippen molar-refractivity contribution in [3.8, 4) is 0 Å². The number of aliphatic hydroxyl groups is 1. The van der Waals surface area contributed by atoms with Gasteiger partial charge in [-0.3, -0.25) is 9.48 Å². The smallest absolute Gasteiger partial charge is 0.257 e. The second kappa shape index (κ2) is 7.21. The van der Waals surface area contributed by atoms with Gasteiger partial charge in [-0.25, -0.2) is 0 Å². The highest BCUT2D eigenvalue weighted by Crippen LogP contribution is 2.28. The van der Waals surface area contributed by atoms with Crippen LogP contribution in [0.4, 0.5) is 0 Å². The molecule has 2 aliphatic rings. The minimum absolute atomic E-state index is 0.00953. The normalized spacial score (nSPS) is 21.3. The minimum atomic E-state index is -0.518. The fourth-order valence-electron chi connectivity index (χ4n) is 4.00. The molecule has 0 radical (unpaired) electrons. The zero-order valence-electron chi connectivity index (χ0n) is 15.1. The van der Waals surface area contributed by atoms with E-state index in [-0.39, 0.29) is 5.91 Å². The third-order valence-electron chi connectivity index (χ3n) is 5.55. The zero-order valence-corrected chi connectivity index (χ0v) is 15.1. The molecule has 1 N–H and O–H groups in total. The van der Waals surface area contributed by atoms with Crippen LogP contribution in [-0.2, 0) is 11.3 Å². The second-order valence-corrected chi connectivity index (χ2v) is 7.16. The van der Waals surface area contributed by atoms with Crippen LogP contribution >= 0.6 is 0 Å². The molecule has 2 aliphatic heterocycles. The van der Waals surface area contributed by atoms with E-state index >= 15 is 0 Å². The molecule has 1 atom stereocenters. The Kier molecular flexibility index (Phi) is 4.78. The van der Waals surface area contributed by atoms with E-state index < -0.39 is 6.10 Å². The van der Waals surface area contributed by atoms with Gasteiger partial charge in [0, 0.05) is 32.0 Å². The van der Waals surface area contributed by atoms with E-state index in [0.29, 0.717) is 31.1 Å². The van der Waals surface area contributed by atoms with E-state index in [2.05, 4.69) is 5.10 Å². The van der Waals surface area contributed by atoms with Crippen LogP contribution in [0.25, 0.3) is 0 Å². The summed E-state index contributed by atoms with van der Waals surface area (Å²) in [6.07, 6.45) is 3.59. The minimum Gasteiger partial charge on any atom is -0.388 e. The maximum atomic E-state index is 13.2. The molecule has 4 rings (SSSR count). The van der Waals surface area contributed by atoms with Crippen molar-refractivity contribution in [3.63, 3.8) is 0 Å². The van der Waals surface area contributed by atoms with Crippen molar-refractivity contribution in [1.29, 1.82) is 0 Å². The maximum absolute atomic E-state index is 13.2. The molecule has 6 heteroatoms. The Bertz CT molecular complexity index is 795. The number of aliphatic hydroxyl groups excluding tert-OH is 1. The molecular formula is C20H25N3O3. The van der Waals surface area contributed by atoms with Crippen molar-refractivity contribution in [1.82, 2.24) is 14.7 Å². The average molecular weight is 355 g/mol. The van der Waals surface area contributed by atoms with Crippen LogP contribution in [0.3, 0.4) is 0 Å². The number of amides is 1. The van der Waals surface area contributed by atoms with Gasteiger partial charge in [0.25, 0.3) is 5.91 Å². The molecule has 0 bridgehead atoms. The lowest BCUT2D eigenvalue weighted by Crippen LogP contribution is -2.31. The highest BCUT2D eigenvalue weighted by Gasteiger charge is 2.27. The van der Waals surface area contributed by atoms with Gasteiger partial charge in [0.1, 0.15) is 0 Å². The van der Waals surface area contributed by atoms with E-state index in [0.717, 1.165) is 42.9 Å². The lowest BCUT2D eigenvalue weighted by Gasteiger charge is -2.24. The molecule has 138 valence electrons. The van der Waals surface area contributed by atoms with Crippen molar-refractivity contribution in [2.75, 3.05) is 19.8 Å². The molecule has 1 unspecified atom stereocenters. The SMILES string of the molecule is Cc1c(C(=O)N2CCC(O)c3ccccc3C2)cnn1C1CCOCC1. The van der Waals surface area contributed by atoms with Crippen molar-refractivity contribution in [2.24, 2.45) is 0 Å². The van der Waals surface area contributed by atoms with Crippen LogP contribution in [0.5, 0.6) is 0 Å². The number of rotatable bonds is 2. The first kappa shape index (κ1) is 17.2. The summed E-state index contributed by atoms with van der Waals surface area (Å²) < 4.78 is 7.41. The quantitative estimate of drug-likeness (QED) is 0.899. The molecule has 0 aliphatic carbocycles. The summed E-state index contributed by atoms with van der Waals surface area (Å²) in [4.78, 5) is 15.0. The number of nitrogens with zero attached hydrogens (tertiary/aromatic N) is 3. The molecule has 2 aromatic rings. The Balaban J connectivity index is 1.57. The highest BCUT2D eigenvalue weighted by atomic mass is 16.5. The summed E-state index contributed by atoms with van der Waals surface area (Å²) in [5, 5.41) is 14.9. The van der Waals surface area contributed by atoms with E-state index in [4.69, 9.17) is 4.74 Å². The van der Waals surface area contributed by atoms with Crippen molar-refractivity contribution in [2.45, 2.75) is 44.9 Å². The third-order valence-corrected chi connectivity index (χ3v) is 5.55. The zero-order chi connectivity index (χ0) is 18.1. The van der Waals surface area contributed by atoms with Gasteiger partial charge in [0.15, 0.2) is 0 Å². The summed E-state index contributed by atoms with van der Waals surface area (Å²) in [7, 11) is 0. The Morgan fingerprint density at radius 2 is 2.00 bits per heavy atom. The molecule has 1 fully saturated rings. The summed E-state index contributed by atoms with van der Waals surface area (Å²) >= 11 is 0. The number of aromatic nitrogens is 2. The average Bonchev–Trinajstić information content (AvgIpc) is 2.97. The first-order valence-electron chi connectivity index (χ1n) is 9.32. The van der Waals surface area contributed by atoms with Gasteiger partial charge in [0.2, 0.25) is 0 Å². The number of carbonyl (C=O) groups excluding carboxylic acids is 1. The summed E-state index contributed by atoms with van der Waals surface area (Å²) in [6.45, 7) is 4.52. The van der Waals surface area contributed by atoms with Gasteiger partial charge in [-0.1, -0.05) is 24.3 Å². The van der Waals surface area contributed by atoms with Crippen LogP contribution in [0.2, 0.25) is 0 Å². The molecule has 0 spiro atoms. The summed E-state index contributed by atoms with van der Waals surface area (Å²) in [6, 6.07) is 8.12. The van der Waals surface area contributed by atoms with Crippen LogP contribution in [0.15, 0.2) is 30.5 Å². The number of hydrogen-bond donors (Lipinski definition) is 1. The standard InChI is InChI=1S/C20H25N3O3/c1-14-18(12-21-23(14)16-7-10-26-11-8-16)20(25)22-9-6-19(24)17-5-3-2-4-15(17)13-22/h2-5,12,16,19,24H,6-11,13H2,1H3. The van der Waals surface area contributed by atoms with Crippen LogP contribution in [0.1, 0.15) is 58.6 Å². The lowest BCUT2D eigenvalue weighted by molar-refractivity contribution is 0.0654. The largest absolute Gasteiger partial charge is 0.388 e. The topological polar surface area (TPSA) is 67.6 Å². The molecule has 1 aromatic carbocycles. The monoisotopic (exact) mass is 355 g/mol. The maximum Gasteiger partial charge on any atom is 0.257 e. The van der Waals surface area contributed by atoms with Crippen molar-refractivity contribution in [3.05, 3.63) is 52.8 Å². The molecule has 1 amide bonds. The van der Waals surface area contributed by atoms with E-state index in [1.165, 1.54) is 0 Å². The Hall–Kier alpha value is -2.18. The van der Waals surface area contributed by atoms with E-state index in [1.54, 1.807) is 6.20 Å². The van der Waals surface area contributed by atoms with Crippen LogP contribution in [-0.4, -0.2) is 45.5 Å². The first-order chi connectivity index (χ1) is 12.6. The number of hydrogen-bond acceptors (Lipinski definition) is 4. The van der Waals surface area contributed by atoms with Gasteiger partial charge in [0.05, 0.1) is 23.9 Å². The second-order valence-electron chi connectivity index (χ2n) is 7.16. The molecule has 26 heavy (non-hydrogen) atoms. The third kappa shape index (κ3) is 3.15. The number of benzene rings is 1. The summed E-state index contributed by atoms with van der Waals surface area (Å²) in [5.41, 5.74) is 3.52. The van der Waals surface area contributed by atoms with E-state index in [9.17, 15) is 9.90 Å². The van der Waals surface area contributed by atoms with Gasteiger partial charge < -0.3 is 14.7 Å². The van der Waals surface area contributed by atoms with Gasteiger partial charge in [-0.05, 0) is 37.3 Å². The molecular weight excluding hydrogens is 330 g/mol. The molecule has 6 nitrogen and oxygen atoms in total. The lowest BCUT2D eigenvalue weighted by atomic mass is 10.0. The Morgan fingerprint density at radius 3 is 2.81 bits per heavy atom. The fourth-order valence-corrected chi connectivity index (χ4v) is 4.00. The number of fused-ring (bicyclic) bond motifs is 1. The van der Waals surface area contributed by atoms with Crippen LogP contribution in [0, 0.1) is 6.92 Å². The van der Waals surface area contributed by atoms with Gasteiger partial charge in [-0.2, -0.15) is 5.10 Å². The van der Waals surface area contributed by atoms with Gasteiger partial charge in [-0.15, -0.1) is 0 Å². The van der Waals surface area contributed by atoms with Gasteiger partial charge >= 0.3 is 0 Å². The van der Waals surface area contributed by atoms with Crippen molar-refractivity contribution >= 4 is 5.91 Å². The Morgan fingerprint density at radius 1 is 1.23 bits per heavy atom. The van der Waals surface area contributed by atoms with E-state index in [1.807, 2.05) is 40.8 Å².